The van der Waals surface area contributed by atoms with Crippen molar-refractivity contribution < 1.29 is 0 Å². The Kier molecular flexibility index (Phi) is 64.9. The van der Waals surface area contributed by atoms with Crippen LogP contribution < -0.4 is 0 Å². The summed E-state index contributed by atoms with van der Waals surface area (Å²) in [6.07, 6.45) is 7.00. The molecule has 0 radical (unpaired) electrons. The summed E-state index contributed by atoms with van der Waals surface area (Å²) in [5.74, 6) is 0.782. The maximum absolute atomic E-state index is 2.25. The first-order valence-electron chi connectivity index (χ1n) is 6.44. The van der Waals surface area contributed by atoms with Crippen LogP contribution in [0.1, 0.15) is 75.2 Å². The smallest absolute Gasteiger partial charge is 0.0262 e. The topological polar surface area (TPSA) is 0 Å². The largest absolute Gasteiger partial charge is 0.0914 e. The molecule has 0 aromatic carbocycles. The van der Waals surface area contributed by atoms with E-state index < -0.39 is 0 Å². The first-order valence-corrected chi connectivity index (χ1v) is 6.44. The summed E-state index contributed by atoms with van der Waals surface area (Å²) >= 11 is 0. The number of hydrogen-bond donors (Lipinski definition) is 0. The van der Waals surface area contributed by atoms with Crippen molar-refractivity contribution in [3.05, 3.63) is 12.2 Å². The van der Waals surface area contributed by atoms with E-state index in [1.165, 1.54) is 12.8 Å². The number of allylic oxidation sites excluding steroid dienone is 2. The molecule has 0 amide bonds. The van der Waals surface area contributed by atoms with E-state index in [1.54, 1.807) is 0 Å². The van der Waals surface area contributed by atoms with Crippen LogP contribution in [0.25, 0.3) is 0 Å². The fraction of sp³-hybridized carbons (Fsp3) is 0.857. The standard InChI is InChI=1S/C8H16.3C2H6/c1-4-6-8(3)7-5-2;3*1-2/h4,6,8H,5,7H2,1-3H3;3*1-2H3/b6-4-;;;. The lowest BCUT2D eigenvalue weighted by Gasteiger charge is -1.99. The summed E-state index contributed by atoms with van der Waals surface area (Å²) in [7, 11) is 0. The second-order valence-electron chi connectivity index (χ2n) is 2.29. The van der Waals surface area contributed by atoms with Crippen LogP contribution in [0.5, 0.6) is 0 Å². The van der Waals surface area contributed by atoms with E-state index >= 15 is 0 Å². The molecule has 0 fully saturated rings. The monoisotopic (exact) mass is 202 g/mol. The molecular formula is C14H34. The molecule has 0 spiro atoms. The SMILES string of the molecule is C/C=C\C(C)CCC.CC.CC.CC. The van der Waals surface area contributed by atoms with Crippen LogP contribution in [0.3, 0.4) is 0 Å². The third kappa shape index (κ3) is 41.1. The van der Waals surface area contributed by atoms with Crippen LogP contribution in [-0.2, 0) is 0 Å². The van der Waals surface area contributed by atoms with Gasteiger partial charge >= 0.3 is 0 Å². The quantitative estimate of drug-likeness (QED) is 0.487. The minimum absolute atomic E-state index is 0.782. The molecule has 0 aromatic rings. The Morgan fingerprint density at radius 2 is 1.29 bits per heavy atom. The molecule has 0 rings (SSSR count). The first kappa shape index (κ1) is 23.5. The maximum atomic E-state index is 2.25. The van der Waals surface area contributed by atoms with Crippen molar-refractivity contribution >= 4 is 0 Å². The van der Waals surface area contributed by atoms with Gasteiger partial charge in [-0.25, -0.2) is 0 Å². The third-order valence-electron chi connectivity index (χ3n) is 1.26. The van der Waals surface area contributed by atoms with Gasteiger partial charge in [-0.05, 0) is 19.3 Å². The highest BCUT2D eigenvalue weighted by Gasteiger charge is 1.90. The van der Waals surface area contributed by atoms with Gasteiger partial charge in [-0.2, -0.15) is 0 Å². The molecule has 0 saturated carbocycles. The van der Waals surface area contributed by atoms with Gasteiger partial charge in [0, 0.05) is 0 Å². The summed E-state index contributed by atoms with van der Waals surface area (Å²) in [4.78, 5) is 0. The Hall–Kier alpha value is -0.260. The van der Waals surface area contributed by atoms with Crippen LogP contribution in [0.2, 0.25) is 0 Å². The lowest BCUT2D eigenvalue weighted by molar-refractivity contribution is 0.633. The van der Waals surface area contributed by atoms with E-state index in [1.807, 2.05) is 41.5 Å². The molecule has 14 heavy (non-hydrogen) atoms. The summed E-state index contributed by atoms with van der Waals surface area (Å²) in [6.45, 7) is 18.6. The molecule has 0 bridgehead atoms. The molecular weight excluding hydrogens is 168 g/mol. The summed E-state index contributed by atoms with van der Waals surface area (Å²) in [6, 6.07) is 0. The summed E-state index contributed by atoms with van der Waals surface area (Å²) in [5, 5.41) is 0. The molecule has 0 aromatic heterocycles. The lowest BCUT2D eigenvalue weighted by atomic mass is 10.1. The van der Waals surface area contributed by atoms with Crippen molar-refractivity contribution in [2.75, 3.05) is 0 Å². The van der Waals surface area contributed by atoms with Gasteiger partial charge in [0.25, 0.3) is 0 Å². The van der Waals surface area contributed by atoms with Crippen LogP contribution in [0, 0.1) is 5.92 Å². The van der Waals surface area contributed by atoms with Gasteiger partial charge in [0.1, 0.15) is 0 Å². The third-order valence-corrected chi connectivity index (χ3v) is 1.26. The molecule has 1 atom stereocenters. The fourth-order valence-electron chi connectivity index (χ4n) is 0.880. The zero-order valence-corrected chi connectivity index (χ0v) is 12.1. The Morgan fingerprint density at radius 1 is 0.929 bits per heavy atom. The zero-order valence-electron chi connectivity index (χ0n) is 12.1. The van der Waals surface area contributed by atoms with Crippen LogP contribution in [-0.4, -0.2) is 0 Å². The van der Waals surface area contributed by atoms with Crippen molar-refractivity contribution in [1.82, 2.24) is 0 Å². The van der Waals surface area contributed by atoms with E-state index in [-0.39, 0.29) is 0 Å². The highest BCUT2D eigenvalue weighted by molar-refractivity contribution is 4.82. The Balaban J connectivity index is -0.0000000708. The molecule has 0 saturated heterocycles. The molecule has 0 nitrogen and oxygen atoms in total. The van der Waals surface area contributed by atoms with Gasteiger partial charge in [0.2, 0.25) is 0 Å². The molecule has 0 heteroatoms. The van der Waals surface area contributed by atoms with Gasteiger partial charge in [0.05, 0.1) is 0 Å². The van der Waals surface area contributed by atoms with Crippen LogP contribution >= 0.6 is 0 Å². The van der Waals surface area contributed by atoms with Gasteiger partial charge in [0.15, 0.2) is 0 Å². The first-order chi connectivity index (χ1) is 6.81. The minimum Gasteiger partial charge on any atom is -0.0914 e. The second kappa shape index (κ2) is 38.7. The summed E-state index contributed by atoms with van der Waals surface area (Å²) < 4.78 is 0. The highest BCUT2D eigenvalue weighted by Crippen LogP contribution is 2.05. The molecule has 0 aliphatic rings. The van der Waals surface area contributed by atoms with Crippen molar-refractivity contribution in [3.63, 3.8) is 0 Å². The lowest BCUT2D eigenvalue weighted by Crippen LogP contribution is -1.85. The zero-order chi connectivity index (χ0) is 12.4. The van der Waals surface area contributed by atoms with Crippen molar-refractivity contribution in [2.45, 2.75) is 75.2 Å². The minimum atomic E-state index is 0.782. The molecule has 0 aliphatic heterocycles. The second-order valence-corrected chi connectivity index (χ2v) is 2.29. The average Bonchev–Trinajstić information content (AvgIpc) is 2.27. The number of rotatable bonds is 3. The molecule has 1 unspecified atom stereocenters. The van der Waals surface area contributed by atoms with E-state index in [9.17, 15) is 0 Å². The molecule has 0 N–H and O–H groups in total. The van der Waals surface area contributed by atoms with Gasteiger partial charge in [-0.1, -0.05) is 74.0 Å². The normalized spacial score (nSPS) is 9.79. The van der Waals surface area contributed by atoms with E-state index in [0.29, 0.717) is 0 Å². The molecule has 90 valence electrons. The van der Waals surface area contributed by atoms with Crippen LogP contribution in [0.15, 0.2) is 12.2 Å². The van der Waals surface area contributed by atoms with Crippen molar-refractivity contribution in [3.8, 4) is 0 Å². The predicted molar refractivity (Wildman–Crippen MR) is 72.9 cm³/mol. The highest BCUT2D eigenvalue weighted by atomic mass is 14.0. The van der Waals surface area contributed by atoms with E-state index in [4.69, 9.17) is 0 Å². The van der Waals surface area contributed by atoms with E-state index in [2.05, 4.69) is 32.9 Å². The summed E-state index contributed by atoms with van der Waals surface area (Å²) in [5.41, 5.74) is 0. The Labute approximate surface area is 93.8 Å². The van der Waals surface area contributed by atoms with Gasteiger partial charge in [-0.3, -0.25) is 0 Å². The predicted octanol–water partition coefficient (Wildman–Crippen LogP) is 6.08. The molecule has 0 aliphatic carbocycles. The fourth-order valence-corrected chi connectivity index (χ4v) is 0.880. The molecule has 0 heterocycles. The van der Waals surface area contributed by atoms with Crippen molar-refractivity contribution in [2.24, 2.45) is 5.92 Å². The van der Waals surface area contributed by atoms with E-state index in [0.717, 1.165) is 5.92 Å². The maximum Gasteiger partial charge on any atom is -0.0262 e. The Bertz CT molecular complexity index is 62.4. The number of hydrogen-bond acceptors (Lipinski definition) is 0. The van der Waals surface area contributed by atoms with Gasteiger partial charge < -0.3 is 0 Å². The van der Waals surface area contributed by atoms with Crippen molar-refractivity contribution in [1.29, 1.82) is 0 Å². The Morgan fingerprint density at radius 3 is 1.50 bits per heavy atom. The van der Waals surface area contributed by atoms with Gasteiger partial charge in [-0.15, -0.1) is 0 Å². The average molecular weight is 202 g/mol. The van der Waals surface area contributed by atoms with Crippen LogP contribution in [0.4, 0.5) is 0 Å².